The highest BCUT2D eigenvalue weighted by Crippen LogP contribution is 2.17. The molecule has 0 spiro atoms. The number of nitrogens with one attached hydrogen (secondary N) is 2. The van der Waals surface area contributed by atoms with Gasteiger partial charge in [0.05, 0.1) is 11.4 Å². The summed E-state index contributed by atoms with van der Waals surface area (Å²) in [4.78, 5) is 0. The van der Waals surface area contributed by atoms with Crippen LogP contribution in [0.2, 0.25) is 0 Å². The minimum Gasteiger partial charge on any atom is -0.397 e. The van der Waals surface area contributed by atoms with Gasteiger partial charge in [0.15, 0.2) is 0 Å². The normalized spacial score (nSPS) is 9.64. The Kier molecular flexibility index (Phi) is 2.30. The van der Waals surface area contributed by atoms with Gasteiger partial charge in [-0.2, -0.15) is 5.53 Å². The number of nitrogens with two attached hydrogens (primary N) is 2. The van der Waals surface area contributed by atoms with Gasteiger partial charge in [-0.05, 0) is 24.6 Å². The SMILES string of the molecule is Cc1ccc(N)c(NNN)c1. The summed E-state index contributed by atoms with van der Waals surface area (Å²) in [7, 11) is 0. The van der Waals surface area contributed by atoms with Gasteiger partial charge in [-0.3, -0.25) is 5.84 Å². The van der Waals surface area contributed by atoms with Crippen LogP contribution in [0, 0.1) is 6.92 Å². The van der Waals surface area contributed by atoms with E-state index < -0.39 is 0 Å². The van der Waals surface area contributed by atoms with Gasteiger partial charge in [0.2, 0.25) is 0 Å². The van der Waals surface area contributed by atoms with Crippen LogP contribution in [0.25, 0.3) is 0 Å². The van der Waals surface area contributed by atoms with Gasteiger partial charge in [0, 0.05) is 0 Å². The van der Waals surface area contributed by atoms with Crippen LogP contribution in [0.5, 0.6) is 0 Å². The molecule has 0 unspecified atom stereocenters. The smallest absolute Gasteiger partial charge is 0.0733 e. The molecule has 1 rings (SSSR count). The fourth-order valence-corrected chi connectivity index (χ4v) is 0.856. The predicted octanol–water partition coefficient (Wildman–Crippen LogP) is 0.367. The highest BCUT2D eigenvalue weighted by molar-refractivity contribution is 5.66. The van der Waals surface area contributed by atoms with Crippen molar-refractivity contribution < 1.29 is 0 Å². The van der Waals surface area contributed by atoms with Gasteiger partial charge in [0.25, 0.3) is 0 Å². The Morgan fingerprint density at radius 3 is 2.73 bits per heavy atom. The molecule has 0 atom stereocenters. The van der Waals surface area contributed by atoms with E-state index >= 15 is 0 Å². The Morgan fingerprint density at radius 1 is 1.36 bits per heavy atom. The number of nitrogen functional groups attached to an aromatic ring is 1. The summed E-state index contributed by atoms with van der Waals surface area (Å²) < 4.78 is 0. The van der Waals surface area contributed by atoms with Crippen LogP contribution in [0.3, 0.4) is 0 Å². The van der Waals surface area contributed by atoms with E-state index in [2.05, 4.69) is 11.0 Å². The van der Waals surface area contributed by atoms with E-state index in [4.69, 9.17) is 11.6 Å². The number of hydrogen-bond acceptors (Lipinski definition) is 4. The molecule has 11 heavy (non-hydrogen) atoms. The largest absolute Gasteiger partial charge is 0.397 e. The zero-order chi connectivity index (χ0) is 8.27. The Morgan fingerprint density at radius 2 is 2.09 bits per heavy atom. The fraction of sp³-hybridized carbons (Fsp3) is 0.143. The minimum absolute atomic E-state index is 0.675. The maximum atomic E-state index is 5.62. The standard InChI is InChI=1S/C7H12N4/c1-5-2-3-6(8)7(4-5)10-11-9/h2-4,10-11H,8-9H2,1H3. The molecule has 0 aliphatic carbocycles. The molecule has 1 aromatic carbocycles. The molecular formula is C7H12N4. The van der Waals surface area contributed by atoms with E-state index in [0.29, 0.717) is 5.69 Å². The first-order valence-corrected chi connectivity index (χ1v) is 3.32. The van der Waals surface area contributed by atoms with Crippen molar-refractivity contribution in [2.24, 2.45) is 5.84 Å². The number of hydrazine groups is 2. The van der Waals surface area contributed by atoms with Crippen LogP contribution < -0.4 is 22.5 Å². The summed E-state index contributed by atoms with van der Waals surface area (Å²) in [5, 5.41) is 0. The number of anilines is 2. The zero-order valence-electron chi connectivity index (χ0n) is 6.39. The Bertz CT molecular complexity index is 246. The molecule has 0 fully saturated rings. The van der Waals surface area contributed by atoms with Crippen LogP contribution in [0.15, 0.2) is 18.2 Å². The van der Waals surface area contributed by atoms with E-state index in [9.17, 15) is 0 Å². The Hall–Kier alpha value is -1.26. The van der Waals surface area contributed by atoms with E-state index in [1.54, 1.807) is 0 Å². The fourth-order valence-electron chi connectivity index (χ4n) is 0.856. The highest BCUT2D eigenvalue weighted by atomic mass is 15.5. The number of hydrogen-bond donors (Lipinski definition) is 4. The average molecular weight is 152 g/mol. The quantitative estimate of drug-likeness (QED) is 0.280. The summed E-state index contributed by atoms with van der Waals surface area (Å²) >= 11 is 0. The zero-order valence-corrected chi connectivity index (χ0v) is 6.39. The summed E-state index contributed by atoms with van der Waals surface area (Å²) in [6.45, 7) is 1.99. The Balaban J connectivity index is 2.93. The lowest BCUT2D eigenvalue weighted by Crippen LogP contribution is -2.29. The molecule has 4 nitrogen and oxygen atoms in total. The molecule has 60 valence electrons. The maximum absolute atomic E-state index is 5.62. The molecule has 6 N–H and O–H groups in total. The van der Waals surface area contributed by atoms with Crippen LogP contribution in [-0.2, 0) is 0 Å². The van der Waals surface area contributed by atoms with Crippen LogP contribution in [0.1, 0.15) is 5.56 Å². The third-order valence-electron chi connectivity index (χ3n) is 1.42. The first-order valence-electron chi connectivity index (χ1n) is 3.32. The van der Waals surface area contributed by atoms with E-state index in [1.165, 1.54) is 0 Å². The van der Waals surface area contributed by atoms with E-state index in [-0.39, 0.29) is 0 Å². The minimum atomic E-state index is 0.675. The van der Waals surface area contributed by atoms with Crippen molar-refractivity contribution in [3.63, 3.8) is 0 Å². The van der Waals surface area contributed by atoms with Crippen LogP contribution in [-0.4, -0.2) is 0 Å². The second-order valence-electron chi connectivity index (χ2n) is 2.36. The lowest BCUT2D eigenvalue weighted by Gasteiger charge is -2.07. The molecule has 0 aliphatic rings. The molecule has 0 amide bonds. The van der Waals surface area contributed by atoms with Crippen molar-refractivity contribution in [1.29, 1.82) is 0 Å². The summed E-state index contributed by atoms with van der Waals surface area (Å²) in [6, 6.07) is 5.68. The molecule has 1 aromatic rings. The molecule has 0 saturated carbocycles. The second kappa shape index (κ2) is 3.23. The van der Waals surface area contributed by atoms with Crippen molar-refractivity contribution in [2.45, 2.75) is 6.92 Å². The average Bonchev–Trinajstić information content (AvgIpc) is 1.98. The third-order valence-corrected chi connectivity index (χ3v) is 1.42. The predicted molar refractivity (Wildman–Crippen MR) is 46.5 cm³/mol. The summed E-state index contributed by atoms with van der Waals surface area (Å²) in [5.74, 6) is 5.06. The van der Waals surface area contributed by atoms with Crippen LogP contribution in [0.4, 0.5) is 11.4 Å². The van der Waals surface area contributed by atoms with Crippen molar-refractivity contribution in [2.75, 3.05) is 11.2 Å². The monoisotopic (exact) mass is 152 g/mol. The first-order chi connectivity index (χ1) is 5.24. The highest BCUT2D eigenvalue weighted by Gasteiger charge is 1.95. The van der Waals surface area contributed by atoms with Gasteiger partial charge >= 0.3 is 0 Å². The van der Waals surface area contributed by atoms with Gasteiger partial charge in [-0.15, -0.1) is 0 Å². The van der Waals surface area contributed by atoms with E-state index in [1.807, 2.05) is 25.1 Å². The number of aryl methyl sites for hydroxylation is 1. The summed E-state index contributed by atoms with van der Waals surface area (Å²) in [5.41, 5.74) is 13.3. The molecular weight excluding hydrogens is 140 g/mol. The molecule has 0 aliphatic heterocycles. The molecule has 0 saturated heterocycles. The third kappa shape index (κ3) is 1.83. The molecule has 4 heteroatoms. The molecule has 0 heterocycles. The van der Waals surface area contributed by atoms with Crippen molar-refractivity contribution in [3.8, 4) is 0 Å². The van der Waals surface area contributed by atoms with Gasteiger partial charge < -0.3 is 11.2 Å². The van der Waals surface area contributed by atoms with Gasteiger partial charge in [0.1, 0.15) is 0 Å². The topological polar surface area (TPSA) is 76.1 Å². The summed E-state index contributed by atoms with van der Waals surface area (Å²) in [6.07, 6.45) is 0. The van der Waals surface area contributed by atoms with Crippen molar-refractivity contribution in [1.82, 2.24) is 5.53 Å². The van der Waals surface area contributed by atoms with Crippen molar-refractivity contribution >= 4 is 11.4 Å². The number of benzene rings is 1. The molecule has 0 bridgehead atoms. The lowest BCUT2D eigenvalue weighted by atomic mass is 10.2. The molecule has 0 radical (unpaired) electrons. The van der Waals surface area contributed by atoms with E-state index in [0.717, 1.165) is 11.3 Å². The van der Waals surface area contributed by atoms with Crippen molar-refractivity contribution in [3.05, 3.63) is 23.8 Å². The van der Waals surface area contributed by atoms with Crippen LogP contribution >= 0.6 is 0 Å². The second-order valence-corrected chi connectivity index (χ2v) is 2.36. The first kappa shape index (κ1) is 7.84. The Labute approximate surface area is 65.5 Å². The van der Waals surface area contributed by atoms with Gasteiger partial charge in [-0.1, -0.05) is 6.07 Å². The van der Waals surface area contributed by atoms with Gasteiger partial charge in [-0.25, -0.2) is 0 Å². The lowest BCUT2D eigenvalue weighted by molar-refractivity contribution is 0.876. The molecule has 0 aromatic heterocycles. The number of rotatable bonds is 2. The maximum Gasteiger partial charge on any atom is 0.0733 e.